The first-order valence-electron chi connectivity index (χ1n) is 7.21. The lowest BCUT2D eigenvalue weighted by molar-refractivity contribution is 0.163. The van der Waals surface area contributed by atoms with E-state index in [1.165, 1.54) is 7.11 Å². The van der Waals surface area contributed by atoms with Gasteiger partial charge in [0.1, 0.15) is 5.82 Å². The summed E-state index contributed by atoms with van der Waals surface area (Å²) >= 11 is 0. The molecule has 0 unspecified atom stereocenters. The lowest BCUT2D eigenvalue weighted by Gasteiger charge is -2.35. The van der Waals surface area contributed by atoms with Gasteiger partial charge in [0.05, 0.1) is 19.3 Å². The lowest BCUT2D eigenvalue weighted by atomic mass is 9.98. The Balaban J connectivity index is 1.74. The maximum Gasteiger partial charge on any atom is 0.323 e. The monoisotopic (exact) mass is 302 g/mol. The fourth-order valence-corrected chi connectivity index (χ4v) is 2.65. The van der Waals surface area contributed by atoms with Gasteiger partial charge in [-0.05, 0) is 25.3 Å². The van der Waals surface area contributed by atoms with Crippen LogP contribution in [0.4, 0.5) is 10.6 Å². The van der Waals surface area contributed by atoms with E-state index in [-0.39, 0.29) is 18.1 Å². The minimum atomic E-state index is -0.174. The SMILES string of the molecule is COc1nccc(NC(=O)N2CCCC[C@@H]2c2cn[nH]c2)n1. The normalized spacial score (nSPS) is 18.0. The molecule has 2 aromatic heterocycles. The highest BCUT2D eigenvalue weighted by Gasteiger charge is 2.28. The zero-order valence-corrected chi connectivity index (χ0v) is 12.3. The third kappa shape index (κ3) is 3.00. The number of nitrogens with one attached hydrogen (secondary N) is 2. The fourth-order valence-electron chi connectivity index (χ4n) is 2.65. The number of urea groups is 1. The van der Waals surface area contributed by atoms with Gasteiger partial charge >= 0.3 is 12.0 Å². The Bertz CT molecular complexity index is 630. The molecule has 3 rings (SSSR count). The van der Waals surface area contributed by atoms with Crippen molar-refractivity contribution in [2.75, 3.05) is 19.0 Å². The number of aromatic nitrogens is 4. The molecule has 1 aliphatic rings. The van der Waals surface area contributed by atoms with Gasteiger partial charge in [-0.3, -0.25) is 10.4 Å². The van der Waals surface area contributed by atoms with E-state index in [4.69, 9.17) is 4.74 Å². The van der Waals surface area contributed by atoms with E-state index in [1.807, 2.05) is 11.1 Å². The van der Waals surface area contributed by atoms with Crippen molar-refractivity contribution in [1.29, 1.82) is 0 Å². The van der Waals surface area contributed by atoms with Crippen LogP contribution in [-0.4, -0.2) is 44.8 Å². The Morgan fingerprint density at radius 1 is 1.50 bits per heavy atom. The van der Waals surface area contributed by atoms with Crippen LogP contribution in [0.15, 0.2) is 24.7 Å². The van der Waals surface area contributed by atoms with Gasteiger partial charge in [-0.15, -0.1) is 0 Å². The summed E-state index contributed by atoms with van der Waals surface area (Å²) in [6.45, 7) is 0.712. The predicted octanol–water partition coefficient (Wildman–Crippen LogP) is 1.97. The van der Waals surface area contributed by atoms with Crippen LogP contribution < -0.4 is 10.1 Å². The molecule has 1 fully saturated rings. The number of ether oxygens (including phenoxy) is 1. The van der Waals surface area contributed by atoms with Gasteiger partial charge < -0.3 is 9.64 Å². The summed E-state index contributed by atoms with van der Waals surface area (Å²) in [4.78, 5) is 22.4. The number of rotatable bonds is 3. The molecule has 0 radical (unpaired) electrons. The molecule has 0 aromatic carbocycles. The van der Waals surface area contributed by atoms with Crippen LogP contribution in [0.1, 0.15) is 30.9 Å². The van der Waals surface area contributed by atoms with Gasteiger partial charge in [0.15, 0.2) is 0 Å². The molecular weight excluding hydrogens is 284 g/mol. The smallest absolute Gasteiger partial charge is 0.323 e. The summed E-state index contributed by atoms with van der Waals surface area (Å²) in [6, 6.07) is 1.72. The highest BCUT2D eigenvalue weighted by atomic mass is 16.5. The van der Waals surface area contributed by atoms with E-state index in [0.717, 1.165) is 24.8 Å². The molecule has 8 heteroatoms. The molecule has 116 valence electrons. The molecule has 1 saturated heterocycles. The summed E-state index contributed by atoms with van der Waals surface area (Å²) in [5, 5.41) is 9.59. The maximum absolute atomic E-state index is 12.6. The van der Waals surface area contributed by atoms with E-state index in [1.54, 1.807) is 18.5 Å². The Morgan fingerprint density at radius 2 is 2.41 bits per heavy atom. The number of carbonyl (C=O) groups is 1. The second-order valence-electron chi connectivity index (χ2n) is 5.10. The third-order valence-electron chi connectivity index (χ3n) is 3.72. The van der Waals surface area contributed by atoms with Gasteiger partial charge in [0.2, 0.25) is 0 Å². The molecular formula is C14H18N6O2. The zero-order chi connectivity index (χ0) is 15.4. The van der Waals surface area contributed by atoms with Crippen molar-refractivity contribution in [3.8, 4) is 6.01 Å². The topological polar surface area (TPSA) is 96.0 Å². The predicted molar refractivity (Wildman–Crippen MR) is 79.5 cm³/mol. The average Bonchev–Trinajstić information content (AvgIpc) is 3.09. The highest BCUT2D eigenvalue weighted by molar-refractivity contribution is 5.88. The first-order valence-corrected chi connectivity index (χ1v) is 7.21. The van der Waals surface area contributed by atoms with Gasteiger partial charge in [-0.1, -0.05) is 0 Å². The average molecular weight is 302 g/mol. The van der Waals surface area contributed by atoms with Crippen LogP contribution in [-0.2, 0) is 0 Å². The number of anilines is 1. The van der Waals surface area contributed by atoms with E-state index >= 15 is 0 Å². The number of hydrogen-bond donors (Lipinski definition) is 2. The molecule has 0 saturated carbocycles. The Labute approximate surface area is 127 Å². The number of carbonyl (C=O) groups excluding carboxylic acids is 1. The van der Waals surface area contributed by atoms with Crippen molar-refractivity contribution in [1.82, 2.24) is 25.1 Å². The number of likely N-dealkylation sites (tertiary alicyclic amines) is 1. The standard InChI is InChI=1S/C14H18N6O2/c1-22-13-15-6-5-12(18-13)19-14(21)20-7-3-2-4-11(20)10-8-16-17-9-10/h5-6,8-9,11H,2-4,7H2,1H3,(H,16,17)(H,15,18,19,21)/t11-/m1/s1. The van der Waals surface area contributed by atoms with Crippen LogP contribution in [0.2, 0.25) is 0 Å². The Kier molecular flexibility index (Phi) is 4.17. The summed E-state index contributed by atoms with van der Waals surface area (Å²) < 4.78 is 4.96. The molecule has 1 aliphatic heterocycles. The van der Waals surface area contributed by atoms with Gasteiger partial charge in [0, 0.05) is 24.5 Å². The fraction of sp³-hybridized carbons (Fsp3) is 0.429. The number of nitrogens with zero attached hydrogens (tertiary/aromatic N) is 4. The molecule has 2 N–H and O–H groups in total. The first-order chi connectivity index (χ1) is 10.8. The largest absolute Gasteiger partial charge is 0.467 e. The molecule has 1 atom stereocenters. The first kappa shape index (κ1) is 14.3. The number of methoxy groups -OCH3 is 1. The van der Waals surface area contributed by atoms with Gasteiger partial charge in [0.25, 0.3) is 0 Å². The quantitative estimate of drug-likeness (QED) is 0.903. The summed E-state index contributed by atoms with van der Waals surface area (Å²) in [6.07, 6.45) is 8.18. The minimum Gasteiger partial charge on any atom is -0.467 e. The number of aromatic amines is 1. The third-order valence-corrected chi connectivity index (χ3v) is 3.72. The molecule has 0 aliphatic carbocycles. The van der Waals surface area contributed by atoms with Crippen molar-refractivity contribution in [2.24, 2.45) is 0 Å². The van der Waals surface area contributed by atoms with E-state index in [2.05, 4.69) is 25.5 Å². The maximum atomic E-state index is 12.6. The van der Waals surface area contributed by atoms with E-state index in [0.29, 0.717) is 12.4 Å². The second kappa shape index (κ2) is 6.42. The summed E-state index contributed by atoms with van der Waals surface area (Å²) in [5.74, 6) is 0.424. The number of amides is 2. The molecule has 2 amide bonds. The van der Waals surface area contributed by atoms with E-state index < -0.39 is 0 Å². The van der Waals surface area contributed by atoms with Crippen molar-refractivity contribution in [3.63, 3.8) is 0 Å². The van der Waals surface area contributed by atoms with E-state index in [9.17, 15) is 4.79 Å². The molecule has 3 heterocycles. The van der Waals surface area contributed by atoms with Crippen LogP contribution in [0.25, 0.3) is 0 Å². The molecule has 22 heavy (non-hydrogen) atoms. The van der Waals surface area contributed by atoms with Crippen LogP contribution in [0, 0.1) is 0 Å². The molecule has 0 spiro atoms. The summed E-state index contributed by atoms with van der Waals surface area (Å²) in [5.41, 5.74) is 1.02. The second-order valence-corrected chi connectivity index (χ2v) is 5.10. The van der Waals surface area contributed by atoms with Crippen LogP contribution in [0.3, 0.4) is 0 Å². The van der Waals surface area contributed by atoms with Crippen molar-refractivity contribution in [3.05, 3.63) is 30.2 Å². The van der Waals surface area contributed by atoms with Gasteiger partial charge in [-0.25, -0.2) is 9.78 Å². The van der Waals surface area contributed by atoms with Crippen molar-refractivity contribution < 1.29 is 9.53 Å². The zero-order valence-electron chi connectivity index (χ0n) is 12.3. The van der Waals surface area contributed by atoms with Crippen LogP contribution in [0.5, 0.6) is 6.01 Å². The van der Waals surface area contributed by atoms with Crippen LogP contribution >= 0.6 is 0 Å². The highest BCUT2D eigenvalue weighted by Crippen LogP contribution is 2.30. The number of hydrogen-bond acceptors (Lipinski definition) is 5. The minimum absolute atomic E-state index is 0.0382. The number of piperidine rings is 1. The lowest BCUT2D eigenvalue weighted by Crippen LogP contribution is -2.41. The molecule has 2 aromatic rings. The van der Waals surface area contributed by atoms with Gasteiger partial charge in [-0.2, -0.15) is 10.1 Å². The summed E-state index contributed by atoms with van der Waals surface area (Å²) in [7, 11) is 1.49. The molecule has 0 bridgehead atoms. The van der Waals surface area contributed by atoms with Crippen molar-refractivity contribution in [2.45, 2.75) is 25.3 Å². The molecule has 8 nitrogen and oxygen atoms in total. The Hall–Kier alpha value is -2.64. The number of H-pyrrole nitrogens is 1. The van der Waals surface area contributed by atoms with Crippen molar-refractivity contribution >= 4 is 11.8 Å². The Morgan fingerprint density at radius 3 is 3.18 bits per heavy atom.